The molecule has 3 heteroatoms. The van der Waals surface area contributed by atoms with Crippen LogP contribution >= 0.6 is 11.8 Å². The van der Waals surface area contributed by atoms with Crippen molar-refractivity contribution in [1.29, 1.82) is 0 Å². The lowest BCUT2D eigenvalue weighted by Crippen LogP contribution is -2.16. The summed E-state index contributed by atoms with van der Waals surface area (Å²) in [4.78, 5) is 12.5. The van der Waals surface area contributed by atoms with Gasteiger partial charge in [-0.15, -0.1) is 11.8 Å². The normalized spacial score (nSPS) is 20.8. The van der Waals surface area contributed by atoms with E-state index in [9.17, 15) is 4.79 Å². The van der Waals surface area contributed by atoms with Gasteiger partial charge in [-0.3, -0.25) is 4.79 Å². The van der Waals surface area contributed by atoms with Crippen LogP contribution in [-0.2, 0) is 4.79 Å². The van der Waals surface area contributed by atoms with Crippen molar-refractivity contribution in [3.63, 3.8) is 0 Å². The largest absolute Gasteiger partial charge is 0.496 e. The van der Waals surface area contributed by atoms with Gasteiger partial charge in [-0.2, -0.15) is 0 Å². The number of benzene rings is 1. The highest BCUT2D eigenvalue weighted by atomic mass is 32.2. The van der Waals surface area contributed by atoms with Crippen molar-refractivity contribution in [3.05, 3.63) is 24.3 Å². The average molecular weight is 236 g/mol. The van der Waals surface area contributed by atoms with Crippen molar-refractivity contribution in [2.75, 3.05) is 7.11 Å². The zero-order valence-corrected chi connectivity index (χ0v) is 10.3. The second-order valence-electron chi connectivity index (χ2n) is 4.03. The lowest BCUT2D eigenvalue weighted by atomic mass is 9.99. The molecule has 2 rings (SSSR count). The molecule has 1 unspecified atom stereocenters. The Balaban J connectivity index is 2.05. The van der Waals surface area contributed by atoms with Crippen LogP contribution in [0, 0.1) is 0 Å². The first-order valence-electron chi connectivity index (χ1n) is 5.61. The zero-order valence-electron chi connectivity index (χ0n) is 9.44. The van der Waals surface area contributed by atoms with Crippen LogP contribution in [0.25, 0.3) is 0 Å². The number of para-hydroxylation sites is 1. The number of hydrogen-bond acceptors (Lipinski definition) is 3. The van der Waals surface area contributed by atoms with Crippen LogP contribution in [-0.4, -0.2) is 18.1 Å². The van der Waals surface area contributed by atoms with Gasteiger partial charge in [-0.25, -0.2) is 0 Å². The molecule has 0 spiro atoms. The fourth-order valence-corrected chi connectivity index (χ4v) is 3.32. The summed E-state index contributed by atoms with van der Waals surface area (Å²) >= 11 is 1.77. The molecule has 86 valence electrons. The Bertz CT molecular complexity index is 376. The quantitative estimate of drug-likeness (QED) is 0.805. The molecule has 1 aromatic carbocycles. The molecule has 1 aliphatic carbocycles. The van der Waals surface area contributed by atoms with E-state index in [1.165, 1.54) is 0 Å². The lowest BCUT2D eigenvalue weighted by molar-refractivity contribution is -0.120. The molecule has 1 aliphatic rings. The van der Waals surface area contributed by atoms with Crippen LogP contribution < -0.4 is 4.74 Å². The summed E-state index contributed by atoms with van der Waals surface area (Å²) in [6, 6.07) is 8.00. The number of rotatable bonds is 3. The second kappa shape index (κ2) is 5.39. The van der Waals surface area contributed by atoms with Crippen LogP contribution in [0.3, 0.4) is 0 Å². The third-order valence-electron chi connectivity index (χ3n) is 2.80. The number of carbonyl (C=O) groups excluding carboxylic acids is 1. The first kappa shape index (κ1) is 11.5. The minimum atomic E-state index is 0.402. The molecule has 0 bridgehead atoms. The second-order valence-corrected chi connectivity index (χ2v) is 5.37. The van der Waals surface area contributed by atoms with Crippen LogP contribution in [0.2, 0.25) is 0 Å². The predicted octanol–water partition coefficient (Wildman–Crippen LogP) is 3.30. The Morgan fingerprint density at radius 3 is 2.94 bits per heavy atom. The highest BCUT2D eigenvalue weighted by Gasteiger charge is 2.21. The summed E-state index contributed by atoms with van der Waals surface area (Å²) in [5, 5.41) is 0.428. The summed E-state index contributed by atoms with van der Waals surface area (Å²) in [5.41, 5.74) is 0. The number of methoxy groups -OCH3 is 1. The number of hydrogen-bond donors (Lipinski definition) is 0. The van der Waals surface area contributed by atoms with E-state index in [2.05, 4.69) is 6.07 Å². The smallest absolute Gasteiger partial charge is 0.134 e. The molecule has 0 aliphatic heterocycles. The van der Waals surface area contributed by atoms with Crippen molar-refractivity contribution in [1.82, 2.24) is 0 Å². The third kappa shape index (κ3) is 2.79. The Hall–Kier alpha value is -0.960. The summed E-state index contributed by atoms with van der Waals surface area (Å²) in [7, 11) is 1.69. The van der Waals surface area contributed by atoms with Crippen molar-refractivity contribution >= 4 is 17.5 Å². The fraction of sp³-hybridized carbons (Fsp3) is 0.462. The maximum absolute atomic E-state index is 11.4. The molecular weight excluding hydrogens is 220 g/mol. The Morgan fingerprint density at radius 1 is 1.38 bits per heavy atom. The number of Topliss-reactive ketones (excluding diaryl/α,β-unsaturated/α-hetero) is 1. The number of thioether (sulfide) groups is 1. The van der Waals surface area contributed by atoms with Gasteiger partial charge >= 0.3 is 0 Å². The molecular formula is C13H16O2S. The molecule has 1 atom stereocenters. The summed E-state index contributed by atoms with van der Waals surface area (Å²) in [6.45, 7) is 0. The SMILES string of the molecule is COc1ccccc1SC1CCCC(=O)C1. The first-order valence-corrected chi connectivity index (χ1v) is 6.49. The van der Waals surface area contributed by atoms with Gasteiger partial charge in [0.15, 0.2) is 0 Å². The molecule has 0 heterocycles. The maximum Gasteiger partial charge on any atom is 0.134 e. The van der Waals surface area contributed by atoms with Gasteiger partial charge in [-0.1, -0.05) is 12.1 Å². The molecule has 2 nitrogen and oxygen atoms in total. The monoisotopic (exact) mass is 236 g/mol. The molecule has 0 aromatic heterocycles. The highest BCUT2D eigenvalue weighted by Crippen LogP contribution is 2.37. The summed E-state index contributed by atoms with van der Waals surface area (Å²) in [5.74, 6) is 1.31. The van der Waals surface area contributed by atoms with E-state index in [-0.39, 0.29) is 0 Å². The van der Waals surface area contributed by atoms with E-state index >= 15 is 0 Å². The van der Waals surface area contributed by atoms with Gasteiger partial charge in [0.05, 0.1) is 7.11 Å². The first-order chi connectivity index (χ1) is 7.79. The molecule has 1 saturated carbocycles. The molecule has 1 aromatic rings. The molecule has 0 radical (unpaired) electrons. The standard InChI is InChI=1S/C13H16O2S/c1-15-12-7-2-3-8-13(12)16-11-6-4-5-10(14)9-11/h2-3,7-8,11H,4-6,9H2,1H3. The van der Waals surface area contributed by atoms with Crippen molar-refractivity contribution in [2.45, 2.75) is 35.8 Å². The van der Waals surface area contributed by atoms with Gasteiger partial charge in [0, 0.05) is 23.0 Å². The highest BCUT2D eigenvalue weighted by molar-refractivity contribution is 8.00. The van der Waals surface area contributed by atoms with Gasteiger partial charge in [0.25, 0.3) is 0 Å². The number of carbonyl (C=O) groups is 1. The van der Waals surface area contributed by atoms with Crippen molar-refractivity contribution < 1.29 is 9.53 Å². The van der Waals surface area contributed by atoms with Gasteiger partial charge in [0.2, 0.25) is 0 Å². The summed E-state index contributed by atoms with van der Waals surface area (Å²) in [6.07, 6.45) is 3.64. The van der Waals surface area contributed by atoms with Crippen LogP contribution in [0.4, 0.5) is 0 Å². The van der Waals surface area contributed by atoms with Crippen molar-refractivity contribution in [3.8, 4) is 5.75 Å². The Morgan fingerprint density at radius 2 is 2.19 bits per heavy atom. The van der Waals surface area contributed by atoms with E-state index in [4.69, 9.17) is 4.74 Å². The van der Waals surface area contributed by atoms with E-state index in [1.54, 1.807) is 18.9 Å². The molecule has 0 amide bonds. The number of ether oxygens (including phenoxy) is 1. The van der Waals surface area contributed by atoms with Crippen molar-refractivity contribution in [2.24, 2.45) is 0 Å². The molecule has 0 N–H and O–H groups in total. The Labute approximate surface area is 100 Å². The van der Waals surface area contributed by atoms with Crippen LogP contribution in [0.1, 0.15) is 25.7 Å². The van der Waals surface area contributed by atoms with E-state index in [1.807, 2.05) is 18.2 Å². The van der Waals surface area contributed by atoms with Crippen LogP contribution in [0.5, 0.6) is 5.75 Å². The van der Waals surface area contributed by atoms with E-state index in [0.717, 1.165) is 29.9 Å². The number of ketones is 1. The topological polar surface area (TPSA) is 26.3 Å². The Kier molecular flexibility index (Phi) is 3.88. The fourth-order valence-electron chi connectivity index (χ4n) is 1.98. The molecule has 0 saturated heterocycles. The lowest BCUT2D eigenvalue weighted by Gasteiger charge is -2.20. The zero-order chi connectivity index (χ0) is 11.4. The van der Waals surface area contributed by atoms with Gasteiger partial charge in [0.1, 0.15) is 11.5 Å². The average Bonchev–Trinajstić information content (AvgIpc) is 2.30. The van der Waals surface area contributed by atoms with Crippen LogP contribution in [0.15, 0.2) is 29.2 Å². The molecule has 16 heavy (non-hydrogen) atoms. The predicted molar refractivity (Wildman–Crippen MR) is 66.1 cm³/mol. The summed E-state index contributed by atoms with van der Waals surface area (Å²) < 4.78 is 5.31. The minimum Gasteiger partial charge on any atom is -0.496 e. The van der Waals surface area contributed by atoms with E-state index < -0.39 is 0 Å². The van der Waals surface area contributed by atoms with Gasteiger partial charge < -0.3 is 4.74 Å². The maximum atomic E-state index is 11.4. The van der Waals surface area contributed by atoms with E-state index in [0.29, 0.717) is 17.5 Å². The van der Waals surface area contributed by atoms with Gasteiger partial charge in [-0.05, 0) is 25.0 Å². The third-order valence-corrected chi connectivity index (χ3v) is 4.13. The molecule has 1 fully saturated rings. The minimum absolute atomic E-state index is 0.402.